The number of carbonyl (C=O) groups is 2. The zero-order valence-electron chi connectivity index (χ0n) is 22.4. The summed E-state index contributed by atoms with van der Waals surface area (Å²) in [6, 6.07) is 14.8. The molecular weight excluding hydrogens is 526 g/mol. The molecule has 41 heavy (non-hydrogen) atoms. The average molecular weight is 555 g/mol. The molecule has 6 nitrogen and oxygen atoms in total. The van der Waals surface area contributed by atoms with E-state index in [1.165, 1.54) is 36.4 Å². The number of benzene rings is 3. The molecule has 0 aliphatic heterocycles. The Morgan fingerprint density at radius 2 is 1.76 bits per heavy atom. The average Bonchev–Trinajstić information content (AvgIpc) is 3.77. The van der Waals surface area contributed by atoms with Gasteiger partial charge in [0.25, 0.3) is 0 Å². The highest BCUT2D eigenvalue weighted by atomic mass is 19.1. The van der Waals surface area contributed by atoms with Gasteiger partial charge in [-0.25, -0.2) is 13.6 Å². The van der Waals surface area contributed by atoms with E-state index in [1.807, 2.05) is 0 Å². The van der Waals surface area contributed by atoms with Crippen LogP contribution in [0.4, 0.5) is 14.5 Å². The molecule has 208 valence electrons. The Morgan fingerprint density at radius 3 is 2.49 bits per heavy atom. The zero-order valence-corrected chi connectivity index (χ0v) is 22.4. The number of rotatable bonds is 13. The van der Waals surface area contributed by atoms with Crippen molar-refractivity contribution in [3.05, 3.63) is 101 Å². The van der Waals surface area contributed by atoms with Gasteiger partial charge in [-0.3, -0.25) is 14.6 Å². The van der Waals surface area contributed by atoms with Crippen LogP contribution in [0.5, 0.6) is 17.2 Å². The highest BCUT2D eigenvalue weighted by molar-refractivity contribution is 5.91. The Balaban J connectivity index is 1.24. The molecule has 3 aromatic carbocycles. The van der Waals surface area contributed by atoms with Gasteiger partial charge in [0.15, 0.2) is 0 Å². The van der Waals surface area contributed by atoms with Crippen LogP contribution in [-0.2, 0) is 22.4 Å². The number of nitrogens with zero attached hydrogens (tertiary/aromatic N) is 2. The molecule has 1 fully saturated rings. The summed E-state index contributed by atoms with van der Waals surface area (Å²) in [5.74, 6) is 0.657. The maximum absolute atomic E-state index is 14.9. The SMILES string of the molecule is [C-]#[N+]c1cc2c(Oc3ccc(CC(=O)Cc4ccc(F)cc4)c(F)c3)ccnc2cc1OCCCC(=O)CC1CC1. The third-order valence-corrected chi connectivity index (χ3v) is 6.93. The standard InChI is InChI=1S/C33H28F2N2O4/c1-36-31-19-28-30(20-33(31)40-14-2-3-25(38)15-21-4-5-21)37-13-12-32(28)41-27-11-8-23(29(35)18-27)17-26(39)16-22-6-9-24(34)10-7-22/h6-13,18-21H,2-5,14-17H2. The molecule has 0 radical (unpaired) electrons. The lowest BCUT2D eigenvalue weighted by molar-refractivity contribution is -0.119. The number of hydrogen-bond donors (Lipinski definition) is 0. The van der Waals surface area contributed by atoms with Crippen molar-refractivity contribution in [3.63, 3.8) is 0 Å². The second-order valence-corrected chi connectivity index (χ2v) is 10.3. The van der Waals surface area contributed by atoms with Crippen molar-refractivity contribution in [2.75, 3.05) is 6.61 Å². The Labute approximate surface area is 236 Å². The van der Waals surface area contributed by atoms with Crippen LogP contribution in [0.15, 0.2) is 66.9 Å². The van der Waals surface area contributed by atoms with Crippen molar-refractivity contribution in [2.45, 2.75) is 44.9 Å². The summed E-state index contributed by atoms with van der Waals surface area (Å²) in [7, 11) is 0. The maximum atomic E-state index is 14.9. The van der Waals surface area contributed by atoms with Crippen molar-refractivity contribution >= 4 is 28.2 Å². The van der Waals surface area contributed by atoms with Gasteiger partial charge < -0.3 is 9.47 Å². The topological polar surface area (TPSA) is 69.8 Å². The molecule has 0 atom stereocenters. The fraction of sp³-hybridized carbons (Fsp3) is 0.273. The molecule has 0 bridgehead atoms. The van der Waals surface area contributed by atoms with Crippen LogP contribution in [0.25, 0.3) is 15.7 Å². The van der Waals surface area contributed by atoms with E-state index in [0.29, 0.717) is 59.8 Å². The van der Waals surface area contributed by atoms with Gasteiger partial charge in [0.1, 0.15) is 40.4 Å². The first-order valence-electron chi connectivity index (χ1n) is 13.5. The van der Waals surface area contributed by atoms with Crippen molar-refractivity contribution in [3.8, 4) is 17.2 Å². The smallest absolute Gasteiger partial charge is 0.229 e. The lowest BCUT2D eigenvalue weighted by Crippen LogP contribution is -2.08. The predicted octanol–water partition coefficient (Wildman–Crippen LogP) is 7.74. The van der Waals surface area contributed by atoms with E-state index >= 15 is 0 Å². The van der Waals surface area contributed by atoms with Crippen molar-refractivity contribution < 1.29 is 27.8 Å². The number of aromatic nitrogens is 1. The van der Waals surface area contributed by atoms with E-state index in [9.17, 15) is 18.4 Å². The summed E-state index contributed by atoms with van der Waals surface area (Å²) in [5, 5.41) is 0.560. The third kappa shape index (κ3) is 7.52. The molecule has 4 aromatic rings. The van der Waals surface area contributed by atoms with Crippen LogP contribution in [0.3, 0.4) is 0 Å². The van der Waals surface area contributed by atoms with E-state index in [0.717, 1.165) is 12.8 Å². The van der Waals surface area contributed by atoms with Crippen molar-refractivity contribution in [2.24, 2.45) is 5.92 Å². The molecule has 0 saturated heterocycles. The number of fused-ring (bicyclic) bond motifs is 1. The fourth-order valence-corrected chi connectivity index (χ4v) is 4.59. The molecular formula is C33H28F2N2O4. The van der Waals surface area contributed by atoms with Gasteiger partial charge in [0.2, 0.25) is 5.69 Å². The Morgan fingerprint density at radius 1 is 0.951 bits per heavy atom. The van der Waals surface area contributed by atoms with Gasteiger partial charge in [-0.15, -0.1) is 0 Å². The molecule has 0 unspecified atom stereocenters. The quantitative estimate of drug-likeness (QED) is 0.125. The van der Waals surface area contributed by atoms with Crippen LogP contribution in [0, 0.1) is 24.1 Å². The molecule has 1 saturated carbocycles. The fourth-order valence-electron chi connectivity index (χ4n) is 4.59. The van der Waals surface area contributed by atoms with E-state index in [-0.39, 0.29) is 47.2 Å². The molecule has 5 rings (SSSR count). The zero-order chi connectivity index (χ0) is 28.8. The first kappa shape index (κ1) is 27.9. The lowest BCUT2D eigenvalue weighted by Gasteiger charge is -2.13. The molecule has 1 aliphatic rings. The van der Waals surface area contributed by atoms with E-state index < -0.39 is 5.82 Å². The number of pyridine rings is 1. The highest BCUT2D eigenvalue weighted by Crippen LogP contribution is 2.38. The summed E-state index contributed by atoms with van der Waals surface area (Å²) in [4.78, 5) is 32.4. The van der Waals surface area contributed by atoms with Crippen molar-refractivity contribution in [1.29, 1.82) is 0 Å². The van der Waals surface area contributed by atoms with Gasteiger partial charge in [0, 0.05) is 43.3 Å². The van der Waals surface area contributed by atoms with Crippen LogP contribution < -0.4 is 9.47 Å². The summed E-state index contributed by atoms with van der Waals surface area (Å²) in [6.07, 6.45) is 5.51. The minimum absolute atomic E-state index is 0.0780. The van der Waals surface area contributed by atoms with Gasteiger partial charge in [0.05, 0.1) is 18.7 Å². The molecule has 1 aliphatic carbocycles. The molecule has 0 N–H and O–H groups in total. The number of ketones is 2. The molecule has 0 spiro atoms. The summed E-state index contributed by atoms with van der Waals surface area (Å²) in [5.41, 5.74) is 1.71. The molecule has 8 heteroatoms. The normalized spacial score (nSPS) is 12.6. The first-order valence-corrected chi connectivity index (χ1v) is 13.5. The van der Waals surface area contributed by atoms with Crippen molar-refractivity contribution in [1.82, 2.24) is 4.98 Å². The first-order chi connectivity index (χ1) is 19.9. The monoisotopic (exact) mass is 554 g/mol. The maximum Gasteiger partial charge on any atom is 0.229 e. The van der Waals surface area contributed by atoms with Crippen LogP contribution in [0.1, 0.15) is 43.2 Å². The second kappa shape index (κ2) is 12.7. The highest BCUT2D eigenvalue weighted by Gasteiger charge is 2.24. The number of hydrogen-bond acceptors (Lipinski definition) is 5. The summed E-state index contributed by atoms with van der Waals surface area (Å²) in [6.45, 7) is 7.93. The Hall–Kier alpha value is -4.64. The predicted molar refractivity (Wildman–Crippen MR) is 150 cm³/mol. The minimum Gasteiger partial charge on any atom is -0.505 e. The van der Waals surface area contributed by atoms with E-state index in [4.69, 9.17) is 16.0 Å². The van der Waals surface area contributed by atoms with Crippen LogP contribution >= 0.6 is 0 Å². The summed E-state index contributed by atoms with van der Waals surface area (Å²) < 4.78 is 39.8. The number of Topliss-reactive ketones (excluding diaryl/α,β-unsaturated/α-hetero) is 2. The minimum atomic E-state index is -0.582. The molecule has 1 aromatic heterocycles. The third-order valence-electron chi connectivity index (χ3n) is 6.93. The number of carbonyl (C=O) groups excluding carboxylic acids is 2. The number of ether oxygens (including phenoxy) is 2. The van der Waals surface area contributed by atoms with Crippen LogP contribution in [0.2, 0.25) is 0 Å². The van der Waals surface area contributed by atoms with Gasteiger partial charge in [-0.2, -0.15) is 0 Å². The van der Waals surface area contributed by atoms with Gasteiger partial charge in [-0.05, 0) is 72.7 Å². The molecule has 0 amide bonds. The van der Waals surface area contributed by atoms with Gasteiger partial charge >= 0.3 is 0 Å². The molecule has 1 heterocycles. The largest absolute Gasteiger partial charge is 0.505 e. The Kier molecular flexibility index (Phi) is 8.64. The number of halogens is 2. The van der Waals surface area contributed by atoms with E-state index in [2.05, 4.69) is 9.83 Å². The summed E-state index contributed by atoms with van der Waals surface area (Å²) >= 11 is 0. The van der Waals surface area contributed by atoms with E-state index in [1.54, 1.807) is 30.5 Å². The second-order valence-electron chi connectivity index (χ2n) is 10.3. The lowest BCUT2D eigenvalue weighted by atomic mass is 10.0. The Bertz CT molecular complexity index is 1630. The van der Waals surface area contributed by atoms with Gasteiger partial charge in [-0.1, -0.05) is 18.2 Å². The van der Waals surface area contributed by atoms with Crippen LogP contribution in [-0.4, -0.2) is 23.2 Å².